The van der Waals surface area contributed by atoms with E-state index < -0.39 is 6.04 Å². The Labute approximate surface area is 120 Å². The van der Waals surface area contributed by atoms with Crippen LogP contribution in [0.3, 0.4) is 0 Å². The lowest BCUT2D eigenvalue weighted by Crippen LogP contribution is -2.51. The second-order valence-corrected chi connectivity index (χ2v) is 4.76. The summed E-state index contributed by atoms with van der Waals surface area (Å²) in [6.07, 6.45) is 0.692. The van der Waals surface area contributed by atoms with Gasteiger partial charge in [-0.15, -0.1) is 12.4 Å². The van der Waals surface area contributed by atoms with Crippen molar-refractivity contribution in [3.63, 3.8) is 0 Å². The van der Waals surface area contributed by atoms with Crippen molar-refractivity contribution in [2.75, 3.05) is 19.7 Å². The van der Waals surface area contributed by atoms with Crippen LogP contribution < -0.4 is 5.73 Å². The van der Waals surface area contributed by atoms with Gasteiger partial charge in [-0.1, -0.05) is 30.3 Å². The van der Waals surface area contributed by atoms with Crippen molar-refractivity contribution in [2.45, 2.75) is 25.5 Å². The highest BCUT2D eigenvalue weighted by molar-refractivity contribution is 5.85. The number of nitrogens with two attached hydrogens (primary N) is 1. The molecule has 1 aromatic carbocycles. The van der Waals surface area contributed by atoms with E-state index in [4.69, 9.17) is 10.5 Å². The van der Waals surface area contributed by atoms with Gasteiger partial charge in [0.25, 0.3) is 0 Å². The molecule has 4 nitrogen and oxygen atoms in total. The zero-order valence-corrected chi connectivity index (χ0v) is 11.9. The molecule has 1 aliphatic heterocycles. The Hall–Kier alpha value is -1.10. The van der Waals surface area contributed by atoms with E-state index in [0.717, 1.165) is 5.56 Å². The number of amides is 1. The lowest BCUT2D eigenvalue weighted by molar-refractivity contribution is -0.139. The molecule has 1 fully saturated rings. The first-order valence-electron chi connectivity index (χ1n) is 6.36. The highest BCUT2D eigenvalue weighted by Gasteiger charge is 2.25. The number of carbonyl (C=O) groups is 1. The Morgan fingerprint density at radius 2 is 2.16 bits per heavy atom. The molecule has 5 heteroatoms. The molecule has 0 radical (unpaired) electrons. The standard InChI is InChI=1S/C14H20N2O2.ClH/c1-11-10-16(7-8-18-11)14(17)13(15)9-12-5-3-2-4-6-12;/h2-6,11,13H,7-10,15H2,1H3;1H/t11?,13-;/m0./s1. The molecule has 1 aromatic rings. The van der Waals surface area contributed by atoms with Gasteiger partial charge in [-0.05, 0) is 18.9 Å². The van der Waals surface area contributed by atoms with Crippen LogP contribution in [-0.2, 0) is 16.0 Å². The van der Waals surface area contributed by atoms with Gasteiger partial charge in [-0.3, -0.25) is 4.79 Å². The van der Waals surface area contributed by atoms with Crippen molar-refractivity contribution in [1.82, 2.24) is 4.90 Å². The monoisotopic (exact) mass is 284 g/mol. The van der Waals surface area contributed by atoms with Crippen molar-refractivity contribution in [3.05, 3.63) is 35.9 Å². The molecule has 0 bridgehead atoms. The highest BCUT2D eigenvalue weighted by Crippen LogP contribution is 2.08. The van der Waals surface area contributed by atoms with Gasteiger partial charge in [0.2, 0.25) is 5.91 Å². The fraction of sp³-hybridized carbons (Fsp3) is 0.500. The third-order valence-corrected chi connectivity index (χ3v) is 3.17. The summed E-state index contributed by atoms with van der Waals surface area (Å²) in [6.45, 7) is 3.86. The first-order valence-corrected chi connectivity index (χ1v) is 6.36. The topological polar surface area (TPSA) is 55.6 Å². The van der Waals surface area contributed by atoms with Crippen LogP contribution in [0.15, 0.2) is 30.3 Å². The van der Waals surface area contributed by atoms with Crippen LogP contribution in [0.2, 0.25) is 0 Å². The van der Waals surface area contributed by atoms with E-state index in [1.807, 2.05) is 42.2 Å². The van der Waals surface area contributed by atoms with Crippen LogP contribution in [0, 0.1) is 0 Å². The van der Waals surface area contributed by atoms with Crippen LogP contribution in [0.1, 0.15) is 12.5 Å². The molecule has 1 amide bonds. The van der Waals surface area contributed by atoms with Gasteiger partial charge >= 0.3 is 0 Å². The summed E-state index contributed by atoms with van der Waals surface area (Å²) >= 11 is 0. The Bertz CT molecular complexity index is 400. The normalized spacial score (nSPS) is 20.5. The number of hydrogen-bond donors (Lipinski definition) is 1. The quantitative estimate of drug-likeness (QED) is 0.908. The van der Waals surface area contributed by atoms with Crippen molar-refractivity contribution in [1.29, 1.82) is 0 Å². The molecule has 1 saturated heterocycles. The van der Waals surface area contributed by atoms with Crippen LogP contribution >= 0.6 is 12.4 Å². The molecular formula is C14H21ClN2O2. The molecule has 19 heavy (non-hydrogen) atoms. The van der Waals surface area contributed by atoms with Crippen molar-refractivity contribution >= 4 is 18.3 Å². The Morgan fingerprint density at radius 3 is 2.79 bits per heavy atom. The first-order chi connectivity index (χ1) is 8.66. The molecule has 1 aliphatic rings. The number of benzene rings is 1. The lowest BCUT2D eigenvalue weighted by atomic mass is 10.1. The van der Waals surface area contributed by atoms with Gasteiger partial charge in [-0.2, -0.15) is 0 Å². The number of halogens is 1. The number of rotatable bonds is 3. The molecular weight excluding hydrogens is 264 g/mol. The molecule has 1 heterocycles. The number of morpholine rings is 1. The molecule has 0 spiro atoms. The largest absolute Gasteiger partial charge is 0.375 e. The summed E-state index contributed by atoms with van der Waals surface area (Å²) < 4.78 is 5.42. The van der Waals surface area contributed by atoms with E-state index in [0.29, 0.717) is 26.1 Å². The Morgan fingerprint density at radius 1 is 1.47 bits per heavy atom. The smallest absolute Gasteiger partial charge is 0.239 e. The molecule has 2 atom stereocenters. The average Bonchev–Trinajstić information content (AvgIpc) is 2.39. The molecule has 2 N–H and O–H groups in total. The van der Waals surface area contributed by atoms with Crippen molar-refractivity contribution in [2.24, 2.45) is 5.73 Å². The SMILES string of the molecule is CC1CN(C(=O)[C@@H](N)Cc2ccccc2)CCO1.Cl. The number of carbonyl (C=O) groups excluding carboxylic acids is 1. The van der Waals surface area contributed by atoms with Gasteiger partial charge in [0, 0.05) is 13.1 Å². The zero-order valence-electron chi connectivity index (χ0n) is 11.1. The van der Waals surface area contributed by atoms with Crippen LogP contribution in [0.5, 0.6) is 0 Å². The second kappa shape index (κ2) is 7.48. The molecule has 1 unspecified atom stereocenters. The predicted molar refractivity (Wildman–Crippen MR) is 77.4 cm³/mol. The molecule has 0 saturated carbocycles. The van der Waals surface area contributed by atoms with E-state index in [2.05, 4.69) is 0 Å². The molecule has 0 aliphatic carbocycles. The summed E-state index contributed by atoms with van der Waals surface area (Å²) in [6, 6.07) is 9.41. The minimum atomic E-state index is -0.460. The van der Waals surface area contributed by atoms with Gasteiger partial charge in [0.15, 0.2) is 0 Å². The Kier molecular flexibility index (Phi) is 6.28. The van der Waals surface area contributed by atoms with Gasteiger partial charge in [-0.25, -0.2) is 0 Å². The summed E-state index contributed by atoms with van der Waals surface area (Å²) in [5, 5.41) is 0. The maximum atomic E-state index is 12.2. The summed E-state index contributed by atoms with van der Waals surface area (Å²) in [5.41, 5.74) is 7.09. The van der Waals surface area contributed by atoms with Crippen molar-refractivity contribution in [3.8, 4) is 0 Å². The van der Waals surface area contributed by atoms with E-state index in [-0.39, 0.29) is 24.4 Å². The van der Waals surface area contributed by atoms with Gasteiger partial charge in [0.05, 0.1) is 18.8 Å². The number of hydrogen-bond acceptors (Lipinski definition) is 3. The maximum Gasteiger partial charge on any atom is 0.239 e. The minimum Gasteiger partial charge on any atom is -0.375 e. The first kappa shape index (κ1) is 16.0. The summed E-state index contributed by atoms with van der Waals surface area (Å²) in [7, 11) is 0. The highest BCUT2D eigenvalue weighted by atomic mass is 35.5. The molecule has 2 rings (SSSR count). The molecule has 0 aromatic heterocycles. The van der Waals surface area contributed by atoms with Crippen LogP contribution in [0.4, 0.5) is 0 Å². The van der Waals surface area contributed by atoms with E-state index in [9.17, 15) is 4.79 Å². The van der Waals surface area contributed by atoms with Crippen LogP contribution in [-0.4, -0.2) is 42.6 Å². The number of ether oxygens (including phenoxy) is 1. The zero-order chi connectivity index (χ0) is 13.0. The Balaban J connectivity index is 0.00000180. The van der Waals surface area contributed by atoms with Crippen LogP contribution in [0.25, 0.3) is 0 Å². The van der Waals surface area contributed by atoms with Gasteiger partial charge < -0.3 is 15.4 Å². The van der Waals surface area contributed by atoms with Gasteiger partial charge in [0.1, 0.15) is 0 Å². The van der Waals surface area contributed by atoms with E-state index in [1.165, 1.54) is 0 Å². The summed E-state index contributed by atoms with van der Waals surface area (Å²) in [5.74, 6) is 0.0222. The predicted octanol–water partition coefficient (Wildman–Crippen LogP) is 1.23. The minimum absolute atomic E-state index is 0. The number of nitrogens with zero attached hydrogens (tertiary/aromatic N) is 1. The maximum absolute atomic E-state index is 12.2. The fourth-order valence-electron chi connectivity index (χ4n) is 2.21. The fourth-order valence-corrected chi connectivity index (χ4v) is 2.21. The molecule has 106 valence electrons. The van der Waals surface area contributed by atoms with E-state index >= 15 is 0 Å². The van der Waals surface area contributed by atoms with E-state index in [1.54, 1.807) is 0 Å². The average molecular weight is 285 g/mol. The lowest BCUT2D eigenvalue weighted by Gasteiger charge is -2.32. The van der Waals surface area contributed by atoms with Crippen molar-refractivity contribution < 1.29 is 9.53 Å². The second-order valence-electron chi connectivity index (χ2n) is 4.76. The summed E-state index contributed by atoms with van der Waals surface area (Å²) in [4.78, 5) is 14.0. The third-order valence-electron chi connectivity index (χ3n) is 3.17. The third kappa shape index (κ3) is 4.49.